The van der Waals surface area contributed by atoms with Gasteiger partial charge < -0.3 is 10.1 Å². The Kier molecular flexibility index (Phi) is 5.58. The van der Waals surface area contributed by atoms with Crippen molar-refractivity contribution >= 4 is 45.0 Å². The van der Waals surface area contributed by atoms with E-state index in [9.17, 15) is 9.59 Å². The first-order valence-corrected chi connectivity index (χ1v) is 9.29. The molecule has 6 nitrogen and oxygen atoms in total. The van der Waals surface area contributed by atoms with Gasteiger partial charge in [-0.15, -0.1) is 11.3 Å². The predicted octanol–water partition coefficient (Wildman–Crippen LogP) is 3.73. The van der Waals surface area contributed by atoms with E-state index in [4.69, 9.17) is 11.6 Å². The van der Waals surface area contributed by atoms with Crippen LogP contribution in [0, 0.1) is 6.92 Å². The number of nitrogens with zero attached hydrogens (tertiary/aromatic N) is 2. The lowest BCUT2D eigenvalue weighted by molar-refractivity contribution is -0.140. The molecule has 0 saturated carbocycles. The summed E-state index contributed by atoms with van der Waals surface area (Å²) in [4.78, 5) is 25.0. The number of halogens is 1. The summed E-state index contributed by atoms with van der Waals surface area (Å²) in [5.74, 6) is -0.438. The largest absolute Gasteiger partial charge is 0.469 e. The third-order valence-electron chi connectivity index (χ3n) is 3.89. The number of thiophene rings is 1. The topological polar surface area (TPSA) is 73.2 Å². The summed E-state index contributed by atoms with van der Waals surface area (Å²) in [5.41, 5.74) is 1.70. The van der Waals surface area contributed by atoms with Crippen LogP contribution in [0.5, 0.6) is 0 Å². The molecule has 0 fully saturated rings. The van der Waals surface area contributed by atoms with Crippen LogP contribution >= 0.6 is 22.9 Å². The number of ether oxygens (including phenoxy) is 1. The average molecular weight is 392 g/mol. The van der Waals surface area contributed by atoms with Gasteiger partial charge in [0.1, 0.15) is 4.83 Å². The van der Waals surface area contributed by atoms with Crippen LogP contribution in [0.2, 0.25) is 5.02 Å². The fraction of sp³-hybridized carbons (Fsp3) is 0.278. The number of rotatable bonds is 6. The van der Waals surface area contributed by atoms with Crippen molar-refractivity contribution in [1.29, 1.82) is 0 Å². The van der Waals surface area contributed by atoms with Gasteiger partial charge in [0.15, 0.2) is 0 Å². The van der Waals surface area contributed by atoms with Crippen LogP contribution in [-0.2, 0) is 9.53 Å². The lowest BCUT2D eigenvalue weighted by Gasteiger charge is -2.04. The molecule has 0 radical (unpaired) electrons. The van der Waals surface area contributed by atoms with Crippen LogP contribution in [0.4, 0.5) is 0 Å². The standard InChI is InChI=1S/C18H18ClN3O3S/c1-11-14-10-15(17(24)20-8-4-7-16(23)25-2)26-18(14)22(21-11)13-6-3-5-12(19)9-13/h3,5-6,9-10H,4,7-8H2,1-2H3,(H,20,24). The highest BCUT2D eigenvalue weighted by atomic mass is 35.5. The maximum absolute atomic E-state index is 12.4. The highest BCUT2D eigenvalue weighted by Crippen LogP contribution is 2.30. The second kappa shape index (κ2) is 7.88. The number of aryl methyl sites for hydroxylation is 1. The number of methoxy groups -OCH3 is 1. The minimum atomic E-state index is -0.279. The molecule has 0 atom stereocenters. The van der Waals surface area contributed by atoms with Crippen molar-refractivity contribution in [2.75, 3.05) is 13.7 Å². The molecule has 3 aromatic rings. The van der Waals surface area contributed by atoms with Crippen molar-refractivity contribution in [1.82, 2.24) is 15.1 Å². The molecular formula is C18H18ClN3O3S. The van der Waals surface area contributed by atoms with E-state index in [0.29, 0.717) is 22.9 Å². The van der Waals surface area contributed by atoms with E-state index in [1.165, 1.54) is 18.4 Å². The Morgan fingerprint density at radius 1 is 1.35 bits per heavy atom. The number of carbonyl (C=O) groups excluding carboxylic acids is 2. The van der Waals surface area contributed by atoms with Crippen LogP contribution in [0.25, 0.3) is 15.9 Å². The Labute approximate surface area is 159 Å². The molecule has 0 aliphatic carbocycles. The summed E-state index contributed by atoms with van der Waals surface area (Å²) >= 11 is 7.45. The van der Waals surface area contributed by atoms with Gasteiger partial charge in [-0.1, -0.05) is 17.7 Å². The number of aromatic nitrogens is 2. The zero-order valence-corrected chi connectivity index (χ0v) is 16.0. The fourth-order valence-electron chi connectivity index (χ4n) is 2.57. The molecule has 26 heavy (non-hydrogen) atoms. The highest BCUT2D eigenvalue weighted by Gasteiger charge is 2.17. The van der Waals surface area contributed by atoms with E-state index >= 15 is 0 Å². The second-order valence-corrected chi connectivity index (χ2v) is 7.21. The highest BCUT2D eigenvalue weighted by molar-refractivity contribution is 7.20. The first kappa shape index (κ1) is 18.4. The van der Waals surface area contributed by atoms with Crippen LogP contribution < -0.4 is 5.32 Å². The number of benzene rings is 1. The molecule has 8 heteroatoms. The summed E-state index contributed by atoms with van der Waals surface area (Å²) in [6.45, 7) is 2.33. The molecule has 0 bridgehead atoms. The summed E-state index contributed by atoms with van der Waals surface area (Å²) in [7, 11) is 1.35. The first-order chi connectivity index (χ1) is 12.5. The van der Waals surface area contributed by atoms with Gasteiger partial charge in [-0.25, -0.2) is 4.68 Å². The molecule has 0 aliphatic rings. The summed E-state index contributed by atoms with van der Waals surface area (Å²) in [5, 5.41) is 8.95. The number of carbonyl (C=O) groups is 2. The van der Waals surface area contributed by atoms with Crippen molar-refractivity contribution < 1.29 is 14.3 Å². The molecule has 1 aromatic carbocycles. The molecule has 2 heterocycles. The number of esters is 1. The van der Waals surface area contributed by atoms with Crippen LogP contribution in [0.15, 0.2) is 30.3 Å². The maximum Gasteiger partial charge on any atom is 0.305 e. The third-order valence-corrected chi connectivity index (χ3v) is 5.24. The summed E-state index contributed by atoms with van der Waals surface area (Å²) in [6.07, 6.45) is 0.824. The zero-order chi connectivity index (χ0) is 18.7. The SMILES string of the molecule is COC(=O)CCCNC(=O)c1cc2c(C)nn(-c3cccc(Cl)c3)c2s1. The van der Waals surface area contributed by atoms with Gasteiger partial charge in [0.2, 0.25) is 0 Å². The van der Waals surface area contributed by atoms with Gasteiger partial charge >= 0.3 is 5.97 Å². The molecular weight excluding hydrogens is 374 g/mol. The Balaban J connectivity index is 1.78. The number of nitrogens with one attached hydrogen (secondary N) is 1. The Hall–Kier alpha value is -2.38. The molecule has 0 spiro atoms. The molecule has 136 valence electrons. The molecule has 0 saturated heterocycles. The third kappa shape index (κ3) is 3.89. The molecule has 1 N–H and O–H groups in total. The van der Waals surface area contributed by atoms with Crippen LogP contribution in [0.3, 0.4) is 0 Å². The number of hydrogen-bond donors (Lipinski definition) is 1. The van der Waals surface area contributed by atoms with Crippen LogP contribution in [0.1, 0.15) is 28.2 Å². The number of fused-ring (bicyclic) bond motifs is 1. The minimum Gasteiger partial charge on any atom is -0.469 e. The van der Waals surface area contributed by atoms with E-state index in [0.717, 1.165) is 21.6 Å². The smallest absolute Gasteiger partial charge is 0.305 e. The van der Waals surface area contributed by atoms with Gasteiger partial charge in [0.05, 0.1) is 23.4 Å². The Morgan fingerprint density at radius 2 is 2.15 bits per heavy atom. The van der Waals surface area contributed by atoms with E-state index in [1.807, 2.05) is 31.2 Å². The minimum absolute atomic E-state index is 0.159. The van der Waals surface area contributed by atoms with E-state index in [2.05, 4.69) is 15.2 Å². The predicted molar refractivity (Wildman–Crippen MR) is 102 cm³/mol. The molecule has 0 unspecified atom stereocenters. The van der Waals surface area contributed by atoms with Gasteiger partial charge in [-0.3, -0.25) is 9.59 Å². The quantitative estimate of drug-likeness (QED) is 0.513. The fourth-order valence-corrected chi connectivity index (χ4v) is 3.85. The summed E-state index contributed by atoms with van der Waals surface area (Å²) in [6, 6.07) is 9.27. The normalized spacial score (nSPS) is 10.9. The van der Waals surface area contributed by atoms with Crippen molar-refractivity contribution in [3.63, 3.8) is 0 Å². The molecule has 0 aliphatic heterocycles. The van der Waals surface area contributed by atoms with Gasteiger partial charge in [0, 0.05) is 23.4 Å². The Morgan fingerprint density at radius 3 is 2.88 bits per heavy atom. The number of amides is 1. The maximum atomic E-state index is 12.4. The van der Waals surface area contributed by atoms with Gasteiger partial charge in [-0.2, -0.15) is 5.10 Å². The van der Waals surface area contributed by atoms with Gasteiger partial charge in [-0.05, 0) is 37.6 Å². The number of hydrogen-bond acceptors (Lipinski definition) is 5. The van der Waals surface area contributed by atoms with E-state index < -0.39 is 0 Å². The van der Waals surface area contributed by atoms with Crippen molar-refractivity contribution in [2.45, 2.75) is 19.8 Å². The molecule has 3 rings (SSSR count). The monoisotopic (exact) mass is 391 g/mol. The van der Waals surface area contributed by atoms with E-state index in [1.54, 1.807) is 10.7 Å². The zero-order valence-electron chi connectivity index (χ0n) is 14.4. The molecule has 2 aromatic heterocycles. The average Bonchev–Trinajstić information content (AvgIpc) is 3.19. The van der Waals surface area contributed by atoms with Crippen molar-refractivity contribution in [3.05, 3.63) is 45.9 Å². The van der Waals surface area contributed by atoms with Gasteiger partial charge in [0.25, 0.3) is 5.91 Å². The Bertz CT molecular complexity index is 964. The van der Waals surface area contributed by atoms with Crippen LogP contribution in [-0.4, -0.2) is 35.3 Å². The molecule has 1 amide bonds. The van der Waals surface area contributed by atoms with Crippen molar-refractivity contribution in [2.24, 2.45) is 0 Å². The van der Waals surface area contributed by atoms with Crippen molar-refractivity contribution in [3.8, 4) is 5.69 Å². The first-order valence-electron chi connectivity index (χ1n) is 8.09. The summed E-state index contributed by atoms with van der Waals surface area (Å²) < 4.78 is 6.38. The van der Waals surface area contributed by atoms with E-state index in [-0.39, 0.29) is 18.3 Å². The second-order valence-electron chi connectivity index (χ2n) is 5.74. The lowest BCUT2D eigenvalue weighted by Crippen LogP contribution is -2.24. The lowest BCUT2D eigenvalue weighted by atomic mass is 10.3.